The molecule has 1 aromatic carbocycles. The summed E-state index contributed by atoms with van der Waals surface area (Å²) in [5.74, 6) is -0.321. The molecule has 0 saturated carbocycles. The van der Waals surface area contributed by atoms with Gasteiger partial charge < -0.3 is 5.32 Å². The lowest BCUT2D eigenvalue weighted by Gasteiger charge is -2.07. The molecule has 0 aliphatic carbocycles. The Labute approximate surface area is 105 Å². The second-order valence-electron chi connectivity index (χ2n) is 3.86. The van der Waals surface area contributed by atoms with Crippen molar-refractivity contribution in [2.75, 3.05) is 6.54 Å². The van der Waals surface area contributed by atoms with Crippen LogP contribution in [-0.4, -0.2) is 16.3 Å². The maximum atomic E-state index is 13.1. The molecule has 2 aromatic rings. The predicted octanol–water partition coefficient (Wildman–Crippen LogP) is 1.68. The summed E-state index contributed by atoms with van der Waals surface area (Å²) < 4.78 is 14.9. The molecular weight excluding hydrogens is 231 g/mol. The van der Waals surface area contributed by atoms with Gasteiger partial charge in [0.2, 0.25) is 0 Å². The van der Waals surface area contributed by atoms with Gasteiger partial charge in [0.05, 0.1) is 18.2 Å². The van der Waals surface area contributed by atoms with Crippen molar-refractivity contribution in [2.24, 2.45) is 0 Å². The third kappa shape index (κ3) is 3.15. The van der Waals surface area contributed by atoms with Crippen molar-refractivity contribution in [3.8, 4) is 6.07 Å². The highest BCUT2D eigenvalue weighted by Gasteiger charge is 2.03. The Morgan fingerprint density at radius 2 is 2.33 bits per heavy atom. The highest BCUT2D eigenvalue weighted by Crippen LogP contribution is 2.09. The van der Waals surface area contributed by atoms with Crippen molar-refractivity contribution in [1.29, 1.82) is 5.26 Å². The quantitative estimate of drug-likeness (QED) is 0.814. The molecule has 1 heterocycles. The number of nitrogens with one attached hydrogen (secondary N) is 1. The minimum atomic E-state index is -0.321. The zero-order chi connectivity index (χ0) is 12.8. The van der Waals surface area contributed by atoms with Gasteiger partial charge in [-0.3, -0.25) is 4.68 Å². The Morgan fingerprint density at radius 3 is 3.06 bits per heavy atom. The first-order valence-corrected chi connectivity index (χ1v) is 5.66. The molecule has 0 radical (unpaired) electrons. The Morgan fingerprint density at radius 1 is 1.44 bits per heavy atom. The van der Waals surface area contributed by atoms with E-state index in [1.807, 2.05) is 16.9 Å². The van der Waals surface area contributed by atoms with Crippen LogP contribution in [0.1, 0.15) is 11.1 Å². The first-order valence-electron chi connectivity index (χ1n) is 5.66. The molecule has 0 atom stereocenters. The molecule has 0 amide bonds. The summed E-state index contributed by atoms with van der Waals surface area (Å²) in [5, 5.41) is 16.1. The average molecular weight is 244 g/mol. The van der Waals surface area contributed by atoms with Gasteiger partial charge in [0.25, 0.3) is 0 Å². The van der Waals surface area contributed by atoms with Crippen LogP contribution in [0, 0.1) is 17.1 Å². The highest BCUT2D eigenvalue weighted by molar-refractivity contribution is 5.37. The second kappa shape index (κ2) is 5.94. The fraction of sp³-hybridized carbons (Fsp3) is 0.231. The van der Waals surface area contributed by atoms with Gasteiger partial charge in [-0.25, -0.2) is 4.39 Å². The van der Waals surface area contributed by atoms with E-state index in [2.05, 4.69) is 16.5 Å². The van der Waals surface area contributed by atoms with Gasteiger partial charge in [-0.15, -0.1) is 0 Å². The van der Waals surface area contributed by atoms with Gasteiger partial charge in [-0.2, -0.15) is 10.4 Å². The molecule has 0 fully saturated rings. The molecule has 5 heteroatoms. The van der Waals surface area contributed by atoms with E-state index in [1.165, 1.54) is 18.2 Å². The molecule has 0 spiro atoms. The average Bonchev–Trinajstić information content (AvgIpc) is 2.88. The van der Waals surface area contributed by atoms with Crippen LogP contribution >= 0.6 is 0 Å². The fourth-order valence-corrected chi connectivity index (χ4v) is 1.67. The lowest BCUT2D eigenvalue weighted by molar-refractivity contribution is 0.552. The minimum Gasteiger partial charge on any atom is -0.311 e. The Hall–Kier alpha value is -2.19. The number of hydrogen-bond acceptors (Lipinski definition) is 3. The molecule has 0 saturated heterocycles. The monoisotopic (exact) mass is 244 g/mol. The van der Waals surface area contributed by atoms with E-state index >= 15 is 0 Å². The number of rotatable bonds is 5. The predicted molar refractivity (Wildman–Crippen MR) is 65.0 cm³/mol. The summed E-state index contributed by atoms with van der Waals surface area (Å²) >= 11 is 0. The fourth-order valence-electron chi connectivity index (χ4n) is 1.67. The molecule has 1 N–H and O–H groups in total. The standard InChI is InChI=1S/C13H13FN4/c14-13-3-2-11(9-15)12(8-13)10-16-5-7-18-6-1-4-17-18/h1-4,6,8,16H,5,7,10H2. The highest BCUT2D eigenvalue weighted by atomic mass is 19.1. The van der Waals surface area contributed by atoms with Crippen molar-refractivity contribution >= 4 is 0 Å². The largest absolute Gasteiger partial charge is 0.311 e. The first kappa shape index (κ1) is 12.3. The zero-order valence-corrected chi connectivity index (χ0v) is 9.81. The van der Waals surface area contributed by atoms with Crippen molar-refractivity contribution in [2.45, 2.75) is 13.1 Å². The summed E-state index contributed by atoms with van der Waals surface area (Å²) in [4.78, 5) is 0. The molecule has 92 valence electrons. The third-order valence-corrected chi connectivity index (χ3v) is 2.58. The van der Waals surface area contributed by atoms with E-state index in [0.29, 0.717) is 24.2 Å². The smallest absolute Gasteiger partial charge is 0.123 e. The SMILES string of the molecule is N#Cc1ccc(F)cc1CNCCn1cccn1. The normalized spacial score (nSPS) is 10.2. The maximum absolute atomic E-state index is 13.1. The van der Waals surface area contributed by atoms with Crippen molar-refractivity contribution in [3.05, 3.63) is 53.6 Å². The number of nitrogens with zero attached hydrogens (tertiary/aromatic N) is 3. The van der Waals surface area contributed by atoms with Crippen LogP contribution in [-0.2, 0) is 13.1 Å². The van der Waals surface area contributed by atoms with Gasteiger partial charge in [0.15, 0.2) is 0 Å². The Bertz CT molecular complexity index is 543. The molecule has 0 aliphatic heterocycles. The van der Waals surface area contributed by atoms with Gasteiger partial charge in [0.1, 0.15) is 5.82 Å². The number of nitriles is 1. The van der Waals surface area contributed by atoms with E-state index in [0.717, 1.165) is 6.54 Å². The van der Waals surface area contributed by atoms with Crippen molar-refractivity contribution in [1.82, 2.24) is 15.1 Å². The molecule has 1 aromatic heterocycles. The Kier molecular flexibility index (Phi) is 4.05. The van der Waals surface area contributed by atoms with Gasteiger partial charge in [-0.1, -0.05) is 0 Å². The number of aromatic nitrogens is 2. The minimum absolute atomic E-state index is 0.321. The lowest BCUT2D eigenvalue weighted by atomic mass is 10.1. The number of hydrogen-bond donors (Lipinski definition) is 1. The van der Waals surface area contributed by atoms with E-state index in [9.17, 15) is 4.39 Å². The molecule has 2 rings (SSSR count). The van der Waals surface area contributed by atoms with Crippen LogP contribution < -0.4 is 5.32 Å². The van der Waals surface area contributed by atoms with Gasteiger partial charge in [0, 0.05) is 25.5 Å². The van der Waals surface area contributed by atoms with Gasteiger partial charge in [-0.05, 0) is 29.8 Å². The van der Waals surface area contributed by atoms with E-state index in [-0.39, 0.29) is 5.82 Å². The van der Waals surface area contributed by atoms with Crippen LogP contribution in [0.3, 0.4) is 0 Å². The third-order valence-electron chi connectivity index (χ3n) is 2.58. The molecule has 0 aliphatic rings. The van der Waals surface area contributed by atoms with Crippen LogP contribution in [0.25, 0.3) is 0 Å². The number of halogens is 1. The zero-order valence-electron chi connectivity index (χ0n) is 9.81. The summed E-state index contributed by atoms with van der Waals surface area (Å²) in [6.45, 7) is 1.93. The molecule has 0 bridgehead atoms. The number of benzene rings is 1. The topological polar surface area (TPSA) is 53.6 Å². The van der Waals surface area contributed by atoms with Crippen LogP contribution in [0.5, 0.6) is 0 Å². The Balaban J connectivity index is 1.86. The lowest BCUT2D eigenvalue weighted by Crippen LogP contribution is -2.20. The summed E-state index contributed by atoms with van der Waals surface area (Å²) in [5.41, 5.74) is 1.18. The molecule has 18 heavy (non-hydrogen) atoms. The van der Waals surface area contributed by atoms with Crippen molar-refractivity contribution < 1.29 is 4.39 Å². The summed E-state index contributed by atoms with van der Waals surface area (Å²) in [6, 6.07) is 8.10. The van der Waals surface area contributed by atoms with E-state index < -0.39 is 0 Å². The first-order chi connectivity index (χ1) is 8.79. The van der Waals surface area contributed by atoms with E-state index in [4.69, 9.17) is 5.26 Å². The maximum Gasteiger partial charge on any atom is 0.123 e. The van der Waals surface area contributed by atoms with Crippen molar-refractivity contribution in [3.63, 3.8) is 0 Å². The van der Waals surface area contributed by atoms with Gasteiger partial charge >= 0.3 is 0 Å². The molecular formula is C13H13FN4. The molecule has 4 nitrogen and oxygen atoms in total. The molecule has 0 unspecified atom stereocenters. The van der Waals surface area contributed by atoms with E-state index in [1.54, 1.807) is 6.20 Å². The second-order valence-corrected chi connectivity index (χ2v) is 3.86. The summed E-state index contributed by atoms with van der Waals surface area (Å²) in [7, 11) is 0. The van der Waals surface area contributed by atoms with Crippen LogP contribution in [0.15, 0.2) is 36.7 Å². The summed E-state index contributed by atoms with van der Waals surface area (Å²) in [6.07, 6.45) is 3.60. The van der Waals surface area contributed by atoms with Crippen LogP contribution in [0.2, 0.25) is 0 Å². The van der Waals surface area contributed by atoms with Crippen LogP contribution in [0.4, 0.5) is 4.39 Å².